The van der Waals surface area contributed by atoms with Gasteiger partial charge in [0.25, 0.3) is 0 Å². The molecule has 0 aromatic heterocycles. The van der Waals surface area contributed by atoms with Crippen molar-refractivity contribution in [3.05, 3.63) is 65.9 Å². The van der Waals surface area contributed by atoms with Crippen LogP contribution >= 0.6 is 0 Å². The number of carbonyl (C=O) groups excluding carboxylic acids is 2. The van der Waals surface area contributed by atoms with Crippen molar-refractivity contribution < 1.29 is 78.1 Å². The molecule has 6 rings (SSSR count). The van der Waals surface area contributed by atoms with Crippen LogP contribution in [0.4, 0.5) is 0 Å². The summed E-state index contributed by atoms with van der Waals surface area (Å²) in [5.41, 5.74) is -0.740. The van der Waals surface area contributed by atoms with E-state index in [1.165, 1.54) is 56.9 Å². The molecule has 0 bridgehead atoms. The zero-order valence-electron chi connectivity index (χ0n) is 26.2. The minimum absolute atomic E-state index is 0.0551. The zero-order valence-corrected chi connectivity index (χ0v) is 26.2. The Morgan fingerprint density at radius 1 is 0.939 bits per heavy atom. The Balaban J connectivity index is 1.23. The van der Waals surface area contributed by atoms with Crippen LogP contribution in [0.15, 0.2) is 54.8 Å². The van der Waals surface area contributed by atoms with Gasteiger partial charge in [0.15, 0.2) is 29.3 Å². The lowest BCUT2D eigenvalue weighted by Crippen LogP contribution is -2.60. The number of phenolic OH excluding ortho intramolecular Hbond substituents is 2. The molecular formula is C33H36O16. The van der Waals surface area contributed by atoms with Gasteiger partial charge in [0, 0.05) is 12.0 Å². The van der Waals surface area contributed by atoms with Gasteiger partial charge in [-0.05, 0) is 48.0 Å². The summed E-state index contributed by atoms with van der Waals surface area (Å²) >= 11 is 0. The summed E-state index contributed by atoms with van der Waals surface area (Å²) in [7, 11) is 2.74. The molecule has 0 unspecified atom stereocenters. The average Bonchev–Trinajstić information content (AvgIpc) is 3.77. The lowest BCUT2D eigenvalue weighted by Gasteiger charge is -2.43. The number of rotatable bonds is 11. The highest BCUT2D eigenvalue weighted by Gasteiger charge is 2.78. The number of methoxy groups -OCH3 is 2. The summed E-state index contributed by atoms with van der Waals surface area (Å²) in [6.45, 7) is -1.03. The van der Waals surface area contributed by atoms with Gasteiger partial charge in [-0.25, -0.2) is 9.59 Å². The molecule has 6 N–H and O–H groups in total. The van der Waals surface area contributed by atoms with Crippen LogP contribution in [0, 0.1) is 11.8 Å². The third kappa shape index (κ3) is 6.51. The number of aliphatic hydroxyl groups is 4. The molecule has 264 valence electrons. The molecule has 0 radical (unpaired) electrons. The van der Waals surface area contributed by atoms with E-state index in [1.54, 1.807) is 12.1 Å². The van der Waals surface area contributed by atoms with Crippen molar-refractivity contribution in [2.45, 2.75) is 54.8 Å². The second-order valence-electron chi connectivity index (χ2n) is 11.9. The predicted octanol–water partition coefficient (Wildman–Crippen LogP) is -0.0329. The Morgan fingerprint density at radius 2 is 1.71 bits per heavy atom. The summed E-state index contributed by atoms with van der Waals surface area (Å²) in [5.74, 6) is -2.97. The first-order chi connectivity index (χ1) is 23.5. The molecule has 49 heavy (non-hydrogen) atoms. The maximum Gasteiger partial charge on any atom is 0.338 e. The minimum atomic E-state index is -1.74. The highest BCUT2D eigenvalue weighted by atomic mass is 16.8. The highest BCUT2D eigenvalue weighted by molar-refractivity contribution is 5.90. The molecule has 2 saturated heterocycles. The maximum absolute atomic E-state index is 13.3. The standard InChI is InChI=1S/C33H36O16/c1-42-20-7-3-15(11-19(20)36)4-8-23(37)45-14-33-24-17(9-10-44-31(24)48-32-27(40)26(39)25(38)22(13-34)46-32)28(29(33)49-33)47-30(41)16-5-6-18(35)21(12-16)43-2/h3-12,17,22,24-29,31-32,34-36,38-40H,13-14H2,1-2H3/b8-4+/t17-,22-,24-,25-,26+,27-,28+,29+,31+,32+,33-/m1/s1. The number of benzene rings is 2. The van der Waals surface area contributed by atoms with Crippen LogP contribution < -0.4 is 9.47 Å². The third-order valence-corrected chi connectivity index (χ3v) is 9.06. The monoisotopic (exact) mass is 688 g/mol. The Kier molecular flexibility index (Phi) is 9.72. The number of carbonyl (C=O) groups is 2. The first-order valence-corrected chi connectivity index (χ1v) is 15.3. The number of ether oxygens (including phenoxy) is 8. The van der Waals surface area contributed by atoms with E-state index in [0.717, 1.165) is 6.08 Å². The van der Waals surface area contributed by atoms with Crippen LogP contribution in [-0.4, -0.2) is 125 Å². The van der Waals surface area contributed by atoms with Crippen LogP contribution in [0.5, 0.6) is 23.0 Å². The van der Waals surface area contributed by atoms with E-state index in [4.69, 9.17) is 37.9 Å². The molecule has 11 atom stereocenters. The lowest BCUT2D eigenvalue weighted by atomic mass is 9.85. The summed E-state index contributed by atoms with van der Waals surface area (Å²) in [6.07, 6.45) is -5.44. The topological polar surface area (TPSA) is 233 Å². The molecule has 3 heterocycles. The van der Waals surface area contributed by atoms with Crippen LogP contribution in [0.1, 0.15) is 15.9 Å². The van der Waals surface area contributed by atoms with Crippen LogP contribution in [0.3, 0.4) is 0 Å². The van der Waals surface area contributed by atoms with Gasteiger partial charge in [-0.3, -0.25) is 0 Å². The minimum Gasteiger partial charge on any atom is -0.504 e. The molecule has 1 saturated carbocycles. The number of hydrogen-bond acceptors (Lipinski definition) is 16. The van der Waals surface area contributed by atoms with Crippen molar-refractivity contribution in [2.24, 2.45) is 11.8 Å². The largest absolute Gasteiger partial charge is 0.504 e. The molecule has 2 aromatic rings. The van der Waals surface area contributed by atoms with Gasteiger partial charge in [0.05, 0.1) is 38.6 Å². The van der Waals surface area contributed by atoms with E-state index in [0.29, 0.717) is 5.56 Å². The summed E-state index contributed by atoms with van der Waals surface area (Å²) in [6, 6.07) is 8.50. The number of epoxide rings is 1. The summed E-state index contributed by atoms with van der Waals surface area (Å²) in [5, 5.41) is 60.7. The fourth-order valence-corrected chi connectivity index (χ4v) is 6.47. The second-order valence-corrected chi connectivity index (χ2v) is 11.9. The Labute approximate surface area is 279 Å². The van der Waals surface area contributed by atoms with E-state index in [-0.39, 0.29) is 35.2 Å². The lowest BCUT2D eigenvalue weighted by molar-refractivity contribution is -0.344. The highest BCUT2D eigenvalue weighted by Crippen LogP contribution is 2.61. The fourth-order valence-electron chi connectivity index (χ4n) is 6.47. The third-order valence-electron chi connectivity index (χ3n) is 9.06. The van der Waals surface area contributed by atoms with Crippen molar-refractivity contribution in [1.29, 1.82) is 0 Å². The van der Waals surface area contributed by atoms with E-state index in [9.17, 15) is 40.2 Å². The maximum atomic E-state index is 13.3. The SMILES string of the molecule is COc1ccc(/C=C/C(=O)OC[C@]23O[C@H]2[C@@H](OC(=O)c2ccc(O)c(OC)c2)[C@@H]2C=CO[C@@H](O[C@@H]4O[C@H](CO)[C@@H](O)[C@H](O)[C@H]4O)[C@@H]23)cc1O. The van der Waals surface area contributed by atoms with Crippen LogP contribution in [-0.2, 0) is 33.2 Å². The van der Waals surface area contributed by atoms with Crippen molar-refractivity contribution in [2.75, 3.05) is 27.4 Å². The Bertz CT molecular complexity index is 1610. The quantitative estimate of drug-likeness (QED) is 0.103. The molecule has 16 nitrogen and oxygen atoms in total. The number of hydrogen-bond donors (Lipinski definition) is 6. The molecule has 3 aliphatic heterocycles. The number of esters is 2. The molecule has 4 aliphatic rings. The van der Waals surface area contributed by atoms with Crippen molar-refractivity contribution >= 4 is 18.0 Å². The number of phenols is 2. The van der Waals surface area contributed by atoms with Gasteiger partial charge >= 0.3 is 11.9 Å². The van der Waals surface area contributed by atoms with Crippen LogP contribution in [0.2, 0.25) is 0 Å². The van der Waals surface area contributed by atoms with E-state index >= 15 is 0 Å². The van der Waals surface area contributed by atoms with Gasteiger partial charge in [-0.2, -0.15) is 0 Å². The molecule has 2 aromatic carbocycles. The molecule has 16 heteroatoms. The van der Waals surface area contributed by atoms with E-state index in [2.05, 4.69) is 0 Å². The first kappa shape index (κ1) is 34.4. The molecule has 0 amide bonds. The molecule has 0 spiro atoms. The Morgan fingerprint density at radius 3 is 2.43 bits per heavy atom. The van der Waals surface area contributed by atoms with Crippen molar-refractivity contribution in [3.8, 4) is 23.0 Å². The smallest absolute Gasteiger partial charge is 0.338 e. The normalized spacial score (nSPS) is 34.4. The van der Waals surface area contributed by atoms with Gasteiger partial charge < -0.3 is 68.5 Å². The van der Waals surface area contributed by atoms with Gasteiger partial charge in [0.2, 0.25) is 6.29 Å². The second kappa shape index (κ2) is 13.8. The summed E-state index contributed by atoms with van der Waals surface area (Å²) < 4.78 is 45.0. The number of fused-ring (bicyclic) bond motifs is 3. The van der Waals surface area contributed by atoms with Crippen molar-refractivity contribution in [1.82, 2.24) is 0 Å². The first-order valence-electron chi connectivity index (χ1n) is 15.3. The number of aromatic hydroxyl groups is 2. The molecule has 3 fully saturated rings. The van der Waals surface area contributed by atoms with E-state index in [1.807, 2.05) is 0 Å². The zero-order chi connectivity index (χ0) is 35.0. The predicted molar refractivity (Wildman–Crippen MR) is 162 cm³/mol. The van der Waals surface area contributed by atoms with Crippen molar-refractivity contribution in [3.63, 3.8) is 0 Å². The van der Waals surface area contributed by atoms with E-state index < -0.39 is 85.2 Å². The Hall–Kier alpha value is -4.42. The van der Waals surface area contributed by atoms with Gasteiger partial charge in [-0.15, -0.1) is 0 Å². The molecular weight excluding hydrogens is 652 g/mol. The summed E-state index contributed by atoms with van der Waals surface area (Å²) in [4.78, 5) is 26.1. The van der Waals surface area contributed by atoms with Crippen LogP contribution in [0.25, 0.3) is 6.08 Å². The van der Waals surface area contributed by atoms with Gasteiger partial charge in [0.1, 0.15) is 48.8 Å². The fraction of sp³-hybridized carbons (Fsp3) is 0.455. The van der Waals surface area contributed by atoms with Gasteiger partial charge in [-0.1, -0.05) is 6.07 Å². The number of aliphatic hydroxyl groups excluding tert-OH is 4. The average molecular weight is 689 g/mol. The molecule has 1 aliphatic carbocycles.